The van der Waals surface area contributed by atoms with Crippen LogP contribution >= 0.6 is 0 Å². The minimum Gasteiger partial charge on any atom is -0.442 e. The third kappa shape index (κ3) is 4.60. The van der Waals surface area contributed by atoms with Gasteiger partial charge in [-0.2, -0.15) is 0 Å². The van der Waals surface area contributed by atoms with Crippen molar-refractivity contribution in [3.8, 4) is 0 Å². The SMILES string of the molecule is [2H]OCc1ccc(N(C)C(=O)OC2/C=C/CCCCC2)cc1. The third-order valence-electron chi connectivity index (χ3n) is 3.73. The lowest BCUT2D eigenvalue weighted by Crippen LogP contribution is -2.30. The number of amides is 1. The molecule has 0 heterocycles. The number of benzene rings is 1. The summed E-state index contributed by atoms with van der Waals surface area (Å²) in [4.78, 5) is 13.7. The number of anilines is 1. The second-order valence-electron chi connectivity index (χ2n) is 5.36. The molecule has 4 heteroatoms. The fourth-order valence-electron chi connectivity index (χ4n) is 2.36. The van der Waals surface area contributed by atoms with Gasteiger partial charge in [-0.05, 0) is 49.5 Å². The van der Waals surface area contributed by atoms with Gasteiger partial charge in [0.15, 0.2) is 0 Å². The van der Waals surface area contributed by atoms with E-state index < -0.39 is 0 Å². The summed E-state index contributed by atoms with van der Waals surface area (Å²) < 4.78 is 12.3. The Morgan fingerprint density at radius 2 is 2.19 bits per heavy atom. The van der Waals surface area contributed by atoms with Crippen molar-refractivity contribution in [2.75, 3.05) is 11.9 Å². The van der Waals surface area contributed by atoms with Gasteiger partial charge >= 0.3 is 6.09 Å². The van der Waals surface area contributed by atoms with E-state index in [1.807, 2.05) is 30.3 Å². The minimum absolute atomic E-state index is 0.133. The maximum Gasteiger partial charge on any atom is 0.414 e. The van der Waals surface area contributed by atoms with Crippen molar-refractivity contribution in [2.45, 2.75) is 44.8 Å². The molecular weight excluding hydrogens is 266 g/mol. The van der Waals surface area contributed by atoms with Crippen molar-refractivity contribution in [2.24, 2.45) is 0 Å². The average Bonchev–Trinajstić information content (AvgIpc) is 2.50. The van der Waals surface area contributed by atoms with Gasteiger partial charge in [0, 0.05) is 12.7 Å². The van der Waals surface area contributed by atoms with E-state index in [0.717, 1.165) is 30.5 Å². The van der Waals surface area contributed by atoms with Gasteiger partial charge < -0.3 is 9.85 Å². The number of rotatable bonds is 4. The minimum atomic E-state index is -0.347. The molecule has 0 saturated carbocycles. The molecule has 2 rings (SSSR count). The number of ether oxygens (including phenoxy) is 1. The van der Waals surface area contributed by atoms with E-state index >= 15 is 0 Å². The molecule has 0 saturated heterocycles. The van der Waals surface area contributed by atoms with Crippen LogP contribution in [0.15, 0.2) is 36.4 Å². The van der Waals surface area contributed by atoms with Crippen LogP contribution in [0.1, 0.15) is 37.7 Å². The van der Waals surface area contributed by atoms with E-state index in [2.05, 4.69) is 11.2 Å². The first-order valence-electron chi connectivity index (χ1n) is 7.89. The van der Waals surface area contributed by atoms with Gasteiger partial charge in [-0.1, -0.05) is 24.6 Å². The highest BCUT2D eigenvalue weighted by Crippen LogP contribution is 2.18. The Morgan fingerprint density at radius 3 is 2.95 bits per heavy atom. The Hall–Kier alpha value is -1.81. The maximum absolute atomic E-state index is 12.2. The standard InChI is InChI=1S/C17H23NO3/c1-18(15-11-9-14(13-19)10-12-15)17(20)21-16-7-5-3-2-4-6-8-16/h5,7,9-12,16,19H,2-4,6,8,13H2,1H3/b7-5+/i19D. The van der Waals surface area contributed by atoms with E-state index in [-0.39, 0.29) is 18.8 Å². The molecule has 0 aliphatic heterocycles. The molecule has 1 aromatic carbocycles. The maximum atomic E-state index is 12.2. The zero-order valence-electron chi connectivity index (χ0n) is 13.5. The van der Waals surface area contributed by atoms with Crippen LogP contribution in [0.5, 0.6) is 0 Å². The number of hydrogen-bond donors (Lipinski definition) is 1. The monoisotopic (exact) mass is 290 g/mol. The van der Waals surface area contributed by atoms with Gasteiger partial charge in [-0.25, -0.2) is 4.79 Å². The van der Waals surface area contributed by atoms with Crippen molar-refractivity contribution in [1.29, 1.82) is 1.43 Å². The Balaban J connectivity index is 1.94. The van der Waals surface area contributed by atoms with Gasteiger partial charge in [0.1, 0.15) is 6.10 Å². The Kier molecular flexibility index (Phi) is 5.28. The van der Waals surface area contributed by atoms with Gasteiger partial charge in [0.2, 0.25) is 1.43 Å². The number of aliphatic hydroxyl groups is 1. The first kappa shape index (κ1) is 14.1. The smallest absolute Gasteiger partial charge is 0.414 e. The molecule has 1 atom stereocenters. The molecular formula is C17H23NO3. The molecule has 0 bridgehead atoms. The summed E-state index contributed by atoms with van der Waals surface area (Å²) in [5.41, 5.74) is 1.65. The summed E-state index contributed by atoms with van der Waals surface area (Å²) in [5.74, 6) is 0. The fraction of sp³-hybridized carbons (Fsp3) is 0.471. The number of aliphatic hydroxyl groups excluding tert-OH is 1. The van der Waals surface area contributed by atoms with Crippen molar-refractivity contribution in [3.05, 3.63) is 42.0 Å². The summed E-state index contributed by atoms with van der Waals surface area (Å²) in [6.07, 6.45) is 9.06. The predicted octanol–water partition coefficient (Wildman–Crippen LogP) is 3.64. The molecule has 0 fully saturated rings. The molecule has 0 radical (unpaired) electrons. The Morgan fingerprint density at radius 1 is 1.38 bits per heavy atom. The van der Waals surface area contributed by atoms with Crippen molar-refractivity contribution in [1.82, 2.24) is 0 Å². The highest BCUT2D eigenvalue weighted by atomic mass is 16.6. The predicted molar refractivity (Wildman–Crippen MR) is 83.3 cm³/mol. The van der Waals surface area contributed by atoms with Gasteiger partial charge in [0.25, 0.3) is 0 Å². The van der Waals surface area contributed by atoms with Crippen LogP contribution in [0.2, 0.25) is 0 Å². The molecule has 0 spiro atoms. The molecule has 0 aromatic heterocycles. The number of carbonyl (C=O) groups excluding carboxylic acids is 1. The summed E-state index contributed by atoms with van der Waals surface area (Å²) in [6.45, 7) is 0.237. The highest BCUT2D eigenvalue weighted by Gasteiger charge is 2.17. The Bertz CT molecular complexity index is 501. The summed E-state index contributed by atoms with van der Waals surface area (Å²) in [6, 6.07) is 7.32. The number of allylic oxidation sites excluding steroid dienone is 1. The van der Waals surface area contributed by atoms with E-state index in [9.17, 15) is 4.79 Å². The zero-order valence-corrected chi connectivity index (χ0v) is 12.5. The number of carbonyl (C=O) groups is 1. The van der Waals surface area contributed by atoms with Crippen LogP contribution in [-0.4, -0.2) is 25.8 Å². The largest absolute Gasteiger partial charge is 0.442 e. The number of hydrogen-bond acceptors (Lipinski definition) is 3. The zero-order chi connectivity index (χ0) is 15.8. The van der Waals surface area contributed by atoms with Gasteiger partial charge in [0.05, 0.1) is 6.61 Å². The average molecular weight is 290 g/mol. The van der Waals surface area contributed by atoms with E-state index in [1.54, 1.807) is 7.05 Å². The van der Waals surface area contributed by atoms with Crippen LogP contribution < -0.4 is 4.90 Å². The van der Waals surface area contributed by atoms with Gasteiger partial charge in [-0.3, -0.25) is 4.90 Å². The fourth-order valence-corrected chi connectivity index (χ4v) is 2.36. The summed E-state index contributed by atoms with van der Waals surface area (Å²) in [5, 5.41) is 4.34. The lowest BCUT2D eigenvalue weighted by Gasteiger charge is -2.22. The van der Waals surface area contributed by atoms with E-state index in [4.69, 9.17) is 6.17 Å². The van der Waals surface area contributed by atoms with Crippen molar-refractivity contribution < 1.29 is 14.6 Å². The summed E-state index contributed by atoms with van der Waals surface area (Å²) in [7, 11) is 1.70. The van der Waals surface area contributed by atoms with Crippen LogP contribution in [0, 0.1) is 0 Å². The van der Waals surface area contributed by atoms with E-state index in [1.165, 1.54) is 17.7 Å². The molecule has 21 heavy (non-hydrogen) atoms. The van der Waals surface area contributed by atoms with Gasteiger partial charge in [-0.15, -0.1) is 0 Å². The third-order valence-corrected chi connectivity index (χ3v) is 3.73. The highest BCUT2D eigenvalue weighted by molar-refractivity contribution is 5.87. The first-order valence-corrected chi connectivity index (χ1v) is 7.49. The molecule has 1 aliphatic carbocycles. The number of nitrogens with zero attached hydrogens (tertiary/aromatic N) is 1. The molecule has 4 nitrogen and oxygen atoms in total. The van der Waals surface area contributed by atoms with Crippen LogP contribution in [0.4, 0.5) is 10.5 Å². The first-order chi connectivity index (χ1) is 10.7. The van der Waals surface area contributed by atoms with Crippen LogP contribution in [-0.2, 0) is 11.3 Å². The lowest BCUT2D eigenvalue weighted by molar-refractivity contribution is 0.121. The molecule has 114 valence electrons. The van der Waals surface area contributed by atoms with Crippen LogP contribution in [0.25, 0.3) is 0 Å². The van der Waals surface area contributed by atoms with Crippen LogP contribution in [0.3, 0.4) is 0 Å². The second kappa shape index (κ2) is 7.84. The summed E-state index contributed by atoms with van der Waals surface area (Å²) >= 11 is 0. The molecule has 1 aromatic rings. The molecule has 1 unspecified atom stereocenters. The lowest BCUT2D eigenvalue weighted by atomic mass is 10.0. The van der Waals surface area contributed by atoms with E-state index in [0.29, 0.717) is 0 Å². The normalized spacial score (nSPS) is 20.8. The van der Waals surface area contributed by atoms with Crippen molar-refractivity contribution in [3.63, 3.8) is 0 Å². The Labute approximate surface area is 127 Å². The topological polar surface area (TPSA) is 49.8 Å². The molecule has 1 amide bonds. The second-order valence-corrected chi connectivity index (χ2v) is 5.36. The molecule has 1 aliphatic rings. The quantitative estimate of drug-likeness (QED) is 0.861. The van der Waals surface area contributed by atoms with Crippen molar-refractivity contribution >= 4 is 11.8 Å². The molecule has 1 N–H and O–H groups in total.